The molecule has 0 saturated heterocycles. The van der Waals surface area contributed by atoms with Crippen LogP contribution >= 0.6 is 11.8 Å². The molecule has 0 bridgehead atoms. The molecule has 1 aromatic heterocycles. The summed E-state index contributed by atoms with van der Waals surface area (Å²) in [6.45, 7) is 1.92. The van der Waals surface area contributed by atoms with Gasteiger partial charge in [0.2, 0.25) is 5.91 Å². The van der Waals surface area contributed by atoms with Crippen molar-refractivity contribution in [3.63, 3.8) is 0 Å². The predicted molar refractivity (Wildman–Crippen MR) is 81.4 cm³/mol. The van der Waals surface area contributed by atoms with Crippen LogP contribution in [0.15, 0.2) is 47.6 Å². The molecule has 1 N–H and O–H groups in total. The molecule has 0 spiro atoms. The third-order valence-corrected chi connectivity index (χ3v) is 3.65. The summed E-state index contributed by atoms with van der Waals surface area (Å²) in [6.07, 6.45) is 1.18. The third kappa shape index (κ3) is 4.28. The van der Waals surface area contributed by atoms with Crippen LogP contribution < -0.4 is 5.32 Å². The third-order valence-electron chi connectivity index (χ3n) is 2.70. The van der Waals surface area contributed by atoms with Crippen molar-refractivity contribution in [2.75, 3.05) is 11.1 Å². The van der Waals surface area contributed by atoms with Gasteiger partial charge < -0.3 is 5.32 Å². The van der Waals surface area contributed by atoms with Crippen LogP contribution in [0.2, 0.25) is 0 Å². The fourth-order valence-corrected chi connectivity index (χ4v) is 2.25. The van der Waals surface area contributed by atoms with Crippen molar-refractivity contribution in [3.05, 3.63) is 58.3 Å². The zero-order valence-corrected chi connectivity index (χ0v) is 12.1. The highest BCUT2D eigenvalue weighted by molar-refractivity contribution is 7.99. The van der Waals surface area contributed by atoms with E-state index < -0.39 is 4.92 Å². The second-order valence-electron chi connectivity index (χ2n) is 4.26. The zero-order valence-electron chi connectivity index (χ0n) is 11.3. The molecule has 2 aromatic rings. The molecule has 1 amide bonds. The SMILES string of the molecule is Cc1ccccc1NC(=O)CSc1ccc([N+](=O)[O-])cn1. The highest BCUT2D eigenvalue weighted by Gasteiger charge is 2.08. The number of aryl methyl sites for hydroxylation is 1. The van der Waals surface area contributed by atoms with E-state index in [0.717, 1.165) is 11.3 Å². The molecule has 0 aliphatic heterocycles. The number of nitrogens with zero attached hydrogens (tertiary/aromatic N) is 2. The van der Waals surface area contributed by atoms with Gasteiger partial charge in [0.15, 0.2) is 0 Å². The Kier molecular flexibility index (Phi) is 4.89. The molecular weight excluding hydrogens is 290 g/mol. The van der Waals surface area contributed by atoms with E-state index >= 15 is 0 Å². The van der Waals surface area contributed by atoms with E-state index in [0.29, 0.717) is 5.03 Å². The van der Waals surface area contributed by atoms with Crippen molar-refractivity contribution in [1.29, 1.82) is 0 Å². The maximum atomic E-state index is 11.8. The van der Waals surface area contributed by atoms with Gasteiger partial charge in [-0.2, -0.15) is 0 Å². The maximum Gasteiger partial charge on any atom is 0.287 e. The molecule has 0 fully saturated rings. The van der Waals surface area contributed by atoms with Gasteiger partial charge in [0, 0.05) is 11.8 Å². The van der Waals surface area contributed by atoms with Crippen molar-refractivity contribution < 1.29 is 9.72 Å². The first-order chi connectivity index (χ1) is 10.1. The summed E-state index contributed by atoms with van der Waals surface area (Å²) in [5.74, 6) is 0.0496. The van der Waals surface area contributed by atoms with E-state index in [1.54, 1.807) is 0 Å². The van der Waals surface area contributed by atoms with Crippen LogP contribution in [-0.4, -0.2) is 21.6 Å². The van der Waals surface area contributed by atoms with Crippen molar-refractivity contribution in [3.8, 4) is 0 Å². The van der Waals surface area contributed by atoms with Crippen molar-refractivity contribution in [1.82, 2.24) is 4.98 Å². The molecule has 1 aromatic carbocycles. The number of hydrogen-bond acceptors (Lipinski definition) is 5. The fourth-order valence-electron chi connectivity index (χ4n) is 1.60. The molecule has 0 unspecified atom stereocenters. The van der Waals surface area contributed by atoms with Gasteiger partial charge >= 0.3 is 0 Å². The molecule has 1 heterocycles. The molecule has 0 saturated carbocycles. The van der Waals surface area contributed by atoms with E-state index in [2.05, 4.69) is 10.3 Å². The van der Waals surface area contributed by atoms with Gasteiger partial charge in [-0.3, -0.25) is 14.9 Å². The smallest absolute Gasteiger partial charge is 0.287 e. The molecule has 108 valence electrons. The summed E-state index contributed by atoms with van der Waals surface area (Å²) >= 11 is 1.23. The van der Waals surface area contributed by atoms with Gasteiger partial charge in [-0.25, -0.2) is 4.98 Å². The van der Waals surface area contributed by atoms with Gasteiger partial charge in [0.05, 0.1) is 15.7 Å². The minimum Gasteiger partial charge on any atom is -0.325 e. The lowest BCUT2D eigenvalue weighted by atomic mass is 10.2. The number of benzene rings is 1. The second-order valence-corrected chi connectivity index (χ2v) is 5.26. The van der Waals surface area contributed by atoms with E-state index in [9.17, 15) is 14.9 Å². The maximum absolute atomic E-state index is 11.8. The Morgan fingerprint density at radius 3 is 2.71 bits per heavy atom. The Morgan fingerprint density at radius 2 is 2.10 bits per heavy atom. The van der Waals surface area contributed by atoms with Crippen LogP contribution in [0, 0.1) is 17.0 Å². The topological polar surface area (TPSA) is 85.1 Å². The Morgan fingerprint density at radius 1 is 1.33 bits per heavy atom. The van der Waals surface area contributed by atoms with Gasteiger partial charge in [0.1, 0.15) is 6.20 Å². The number of carbonyl (C=O) groups excluding carboxylic acids is 1. The Labute approximate surface area is 125 Å². The number of para-hydroxylation sites is 1. The zero-order chi connectivity index (χ0) is 15.2. The Bertz CT molecular complexity index is 659. The minimum absolute atomic E-state index is 0.0660. The van der Waals surface area contributed by atoms with E-state index in [-0.39, 0.29) is 17.3 Å². The molecule has 2 rings (SSSR count). The summed E-state index contributed by atoms with van der Waals surface area (Å²) in [5.41, 5.74) is 1.70. The van der Waals surface area contributed by atoms with Crippen LogP contribution in [0.1, 0.15) is 5.56 Å². The number of nitrogens with one attached hydrogen (secondary N) is 1. The normalized spacial score (nSPS) is 10.1. The van der Waals surface area contributed by atoms with Gasteiger partial charge in [-0.1, -0.05) is 30.0 Å². The number of pyridine rings is 1. The summed E-state index contributed by atoms with van der Waals surface area (Å²) in [6, 6.07) is 10.4. The number of hydrogen-bond donors (Lipinski definition) is 1. The average Bonchev–Trinajstić information content (AvgIpc) is 2.48. The highest BCUT2D eigenvalue weighted by Crippen LogP contribution is 2.19. The number of aromatic nitrogens is 1. The lowest BCUT2D eigenvalue weighted by molar-refractivity contribution is -0.385. The molecule has 0 atom stereocenters. The molecule has 21 heavy (non-hydrogen) atoms. The Balaban J connectivity index is 1.89. The first-order valence-corrected chi connectivity index (χ1v) is 7.13. The molecular formula is C14H13N3O3S. The number of nitro groups is 1. The van der Waals surface area contributed by atoms with Gasteiger partial charge in [-0.15, -0.1) is 0 Å². The fraction of sp³-hybridized carbons (Fsp3) is 0.143. The summed E-state index contributed by atoms with van der Waals surface area (Å²) in [7, 11) is 0. The molecule has 0 aliphatic rings. The van der Waals surface area contributed by atoms with Crippen LogP contribution in [0.5, 0.6) is 0 Å². The van der Waals surface area contributed by atoms with Crippen LogP contribution in [0.25, 0.3) is 0 Å². The summed E-state index contributed by atoms with van der Waals surface area (Å²) in [5, 5.41) is 13.9. The lowest BCUT2D eigenvalue weighted by Crippen LogP contribution is -2.14. The summed E-state index contributed by atoms with van der Waals surface area (Å²) in [4.78, 5) is 25.8. The van der Waals surface area contributed by atoms with Crippen molar-refractivity contribution in [2.24, 2.45) is 0 Å². The monoisotopic (exact) mass is 303 g/mol. The number of rotatable bonds is 5. The Hall–Kier alpha value is -2.41. The second kappa shape index (κ2) is 6.85. The van der Waals surface area contributed by atoms with Crippen LogP contribution in [0.4, 0.5) is 11.4 Å². The van der Waals surface area contributed by atoms with E-state index in [1.165, 1.54) is 30.1 Å². The van der Waals surface area contributed by atoms with Gasteiger partial charge in [0.25, 0.3) is 5.69 Å². The predicted octanol–water partition coefficient (Wildman–Crippen LogP) is 3.03. The number of amides is 1. The molecule has 0 radical (unpaired) electrons. The first kappa shape index (κ1) is 15.0. The number of anilines is 1. The largest absolute Gasteiger partial charge is 0.325 e. The molecule has 7 heteroatoms. The summed E-state index contributed by atoms with van der Waals surface area (Å²) < 4.78 is 0. The van der Waals surface area contributed by atoms with Gasteiger partial charge in [-0.05, 0) is 24.6 Å². The highest BCUT2D eigenvalue weighted by atomic mass is 32.2. The molecule has 6 nitrogen and oxygen atoms in total. The average molecular weight is 303 g/mol. The lowest BCUT2D eigenvalue weighted by Gasteiger charge is -2.07. The standard InChI is InChI=1S/C14H13N3O3S/c1-10-4-2-3-5-12(10)16-13(18)9-21-14-7-6-11(8-15-14)17(19)20/h2-8H,9H2,1H3,(H,16,18). The number of carbonyl (C=O) groups is 1. The van der Waals surface area contributed by atoms with Crippen LogP contribution in [0.3, 0.4) is 0 Å². The van der Waals surface area contributed by atoms with Crippen molar-refractivity contribution in [2.45, 2.75) is 11.9 Å². The van der Waals surface area contributed by atoms with E-state index in [4.69, 9.17) is 0 Å². The minimum atomic E-state index is -0.508. The first-order valence-electron chi connectivity index (χ1n) is 6.15. The van der Waals surface area contributed by atoms with E-state index in [1.807, 2.05) is 31.2 Å². The molecule has 0 aliphatic carbocycles. The quantitative estimate of drug-likeness (QED) is 0.521. The van der Waals surface area contributed by atoms with Crippen molar-refractivity contribution >= 4 is 29.0 Å². The van der Waals surface area contributed by atoms with Crippen LogP contribution in [-0.2, 0) is 4.79 Å². The number of thioether (sulfide) groups is 1.